The third kappa shape index (κ3) is 2.84. The number of hydrogen-bond donors (Lipinski definition) is 0. The molecule has 0 aliphatic heterocycles. The summed E-state index contributed by atoms with van der Waals surface area (Å²) in [5.41, 5.74) is 1.51. The van der Waals surface area contributed by atoms with E-state index >= 15 is 0 Å². The maximum Gasteiger partial charge on any atom is 0.251 e. The van der Waals surface area contributed by atoms with Crippen LogP contribution >= 0.6 is 0 Å². The predicted molar refractivity (Wildman–Crippen MR) is 76.6 cm³/mol. The van der Waals surface area contributed by atoms with E-state index in [1.54, 1.807) is 19.1 Å². The Labute approximate surface area is 113 Å². The largest absolute Gasteiger partial charge is 0.309 e. The van der Waals surface area contributed by atoms with Gasteiger partial charge in [0.2, 0.25) is 7.28 Å². The molecule has 0 saturated heterocycles. The standard InChI is InChI=1S/C15H15BNO2/c1-11-8-9-13(18)17(10-11)14(15(19)16-2)12-6-4-3-5-7-12/h3-10,14H,1-2H3. The molecule has 2 rings (SSSR count). The third-order valence-electron chi connectivity index (χ3n) is 3.03. The van der Waals surface area contributed by atoms with Gasteiger partial charge in [0.15, 0.2) is 0 Å². The van der Waals surface area contributed by atoms with Crippen molar-refractivity contribution in [2.24, 2.45) is 0 Å². The Morgan fingerprint density at radius 1 is 1.16 bits per heavy atom. The molecule has 1 unspecified atom stereocenters. The van der Waals surface area contributed by atoms with Gasteiger partial charge in [-0.25, -0.2) is 0 Å². The fourth-order valence-electron chi connectivity index (χ4n) is 2.07. The Morgan fingerprint density at radius 3 is 2.47 bits per heavy atom. The number of benzene rings is 1. The number of pyridine rings is 1. The molecular weight excluding hydrogens is 237 g/mol. The van der Waals surface area contributed by atoms with Crippen LogP contribution in [0.4, 0.5) is 0 Å². The SMILES string of the molecule is C[B]C(=O)C(c1ccccc1)n1cc(C)ccc1=O. The average molecular weight is 252 g/mol. The molecule has 0 aliphatic rings. The predicted octanol–water partition coefficient (Wildman–Crippen LogP) is 2.03. The Balaban J connectivity index is 2.59. The number of carbonyl (C=O) groups is 1. The van der Waals surface area contributed by atoms with Gasteiger partial charge in [-0.15, -0.1) is 0 Å². The van der Waals surface area contributed by atoms with Gasteiger partial charge in [-0.1, -0.05) is 43.2 Å². The van der Waals surface area contributed by atoms with E-state index < -0.39 is 6.04 Å². The van der Waals surface area contributed by atoms with E-state index in [1.807, 2.05) is 37.3 Å². The Hall–Kier alpha value is -2.10. The van der Waals surface area contributed by atoms with Gasteiger partial charge >= 0.3 is 0 Å². The molecule has 2 aromatic rings. The zero-order valence-corrected chi connectivity index (χ0v) is 11.0. The maximum absolute atomic E-state index is 12.2. The first-order valence-electron chi connectivity index (χ1n) is 6.20. The highest BCUT2D eigenvalue weighted by atomic mass is 16.1. The second kappa shape index (κ2) is 5.70. The van der Waals surface area contributed by atoms with Gasteiger partial charge in [0.1, 0.15) is 11.7 Å². The second-order valence-electron chi connectivity index (χ2n) is 4.46. The van der Waals surface area contributed by atoms with Crippen LogP contribution in [-0.2, 0) is 4.79 Å². The maximum atomic E-state index is 12.2. The third-order valence-corrected chi connectivity index (χ3v) is 3.03. The number of carbonyl (C=O) groups excluding carboxylic acids is 1. The van der Waals surface area contributed by atoms with E-state index in [0.29, 0.717) is 0 Å². The monoisotopic (exact) mass is 252 g/mol. The van der Waals surface area contributed by atoms with Crippen molar-refractivity contribution in [2.45, 2.75) is 19.8 Å². The van der Waals surface area contributed by atoms with Crippen molar-refractivity contribution in [3.05, 3.63) is 70.1 Å². The lowest BCUT2D eigenvalue weighted by Crippen LogP contribution is -2.32. The van der Waals surface area contributed by atoms with Crippen LogP contribution in [0, 0.1) is 6.92 Å². The molecule has 0 aliphatic carbocycles. The summed E-state index contributed by atoms with van der Waals surface area (Å²) in [7, 11) is 1.51. The zero-order chi connectivity index (χ0) is 13.8. The Bertz CT molecular complexity index is 634. The van der Waals surface area contributed by atoms with Gasteiger partial charge < -0.3 is 9.36 Å². The van der Waals surface area contributed by atoms with Crippen molar-refractivity contribution >= 4 is 13.0 Å². The lowest BCUT2D eigenvalue weighted by molar-refractivity contribution is -0.114. The summed E-state index contributed by atoms with van der Waals surface area (Å²) in [5.74, 6) is 0. The zero-order valence-electron chi connectivity index (χ0n) is 11.0. The van der Waals surface area contributed by atoms with E-state index in [-0.39, 0.29) is 11.2 Å². The average Bonchev–Trinajstić information content (AvgIpc) is 2.44. The minimum atomic E-state index is -0.585. The van der Waals surface area contributed by atoms with Crippen LogP contribution in [-0.4, -0.2) is 17.5 Å². The van der Waals surface area contributed by atoms with Crippen LogP contribution in [0.1, 0.15) is 17.2 Å². The number of aromatic nitrogens is 1. The van der Waals surface area contributed by atoms with Crippen molar-refractivity contribution in [1.29, 1.82) is 0 Å². The molecular formula is C15H15BNO2. The highest BCUT2D eigenvalue weighted by Gasteiger charge is 2.21. The summed E-state index contributed by atoms with van der Waals surface area (Å²) < 4.78 is 1.49. The quantitative estimate of drug-likeness (QED) is 0.781. The van der Waals surface area contributed by atoms with Gasteiger partial charge in [-0.3, -0.25) is 4.79 Å². The number of hydrogen-bond acceptors (Lipinski definition) is 2. The van der Waals surface area contributed by atoms with Crippen LogP contribution in [0.2, 0.25) is 6.82 Å². The summed E-state index contributed by atoms with van der Waals surface area (Å²) >= 11 is 0. The topological polar surface area (TPSA) is 39.1 Å². The molecule has 0 bridgehead atoms. The molecule has 0 fully saturated rings. The van der Waals surface area contributed by atoms with Crippen LogP contribution in [0.5, 0.6) is 0 Å². The van der Waals surface area contributed by atoms with E-state index in [2.05, 4.69) is 0 Å². The molecule has 0 spiro atoms. The van der Waals surface area contributed by atoms with Crippen molar-refractivity contribution in [3.8, 4) is 0 Å². The summed E-state index contributed by atoms with van der Waals surface area (Å²) in [6.07, 6.45) is 1.72. The minimum absolute atomic E-state index is 0.0844. The molecule has 0 saturated carbocycles. The van der Waals surface area contributed by atoms with Gasteiger partial charge in [0.05, 0.1) is 0 Å². The molecule has 1 aromatic carbocycles. The number of nitrogens with zero attached hydrogens (tertiary/aromatic N) is 1. The van der Waals surface area contributed by atoms with Gasteiger partial charge in [0.25, 0.3) is 5.56 Å². The van der Waals surface area contributed by atoms with Crippen molar-refractivity contribution < 1.29 is 4.79 Å². The second-order valence-corrected chi connectivity index (χ2v) is 4.46. The van der Waals surface area contributed by atoms with Crippen LogP contribution in [0.25, 0.3) is 0 Å². The minimum Gasteiger partial charge on any atom is -0.309 e. The molecule has 0 amide bonds. The van der Waals surface area contributed by atoms with Crippen molar-refractivity contribution in [1.82, 2.24) is 4.57 Å². The summed E-state index contributed by atoms with van der Waals surface area (Å²) in [6.45, 7) is 3.59. The fraction of sp³-hybridized carbons (Fsp3) is 0.200. The van der Waals surface area contributed by atoms with Gasteiger partial charge in [0, 0.05) is 12.3 Å². The lowest BCUT2D eigenvalue weighted by atomic mass is 9.71. The van der Waals surface area contributed by atoms with Crippen LogP contribution < -0.4 is 5.56 Å². The molecule has 1 atom stereocenters. The Morgan fingerprint density at radius 2 is 1.84 bits per heavy atom. The molecule has 1 radical (unpaired) electrons. The first-order chi connectivity index (χ1) is 9.13. The first kappa shape index (κ1) is 13.3. The molecule has 95 valence electrons. The lowest BCUT2D eigenvalue weighted by Gasteiger charge is -2.19. The van der Waals surface area contributed by atoms with Gasteiger partial charge in [-0.2, -0.15) is 0 Å². The molecule has 0 N–H and O–H groups in total. The van der Waals surface area contributed by atoms with Crippen LogP contribution in [0.15, 0.2) is 53.5 Å². The van der Waals surface area contributed by atoms with E-state index in [4.69, 9.17) is 0 Å². The summed E-state index contributed by atoms with van der Waals surface area (Å²) in [4.78, 5) is 24.2. The summed E-state index contributed by atoms with van der Waals surface area (Å²) in [6, 6.07) is 12.0. The number of rotatable bonds is 4. The highest BCUT2D eigenvalue weighted by Crippen LogP contribution is 2.17. The van der Waals surface area contributed by atoms with E-state index in [0.717, 1.165) is 11.1 Å². The summed E-state index contributed by atoms with van der Waals surface area (Å²) in [5, 5.41) is 0. The molecule has 4 heteroatoms. The highest BCUT2D eigenvalue weighted by molar-refractivity contribution is 6.73. The van der Waals surface area contributed by atoms with E-state index in [1.165, 1.54) is 17.9 Å². The van der Waals surface area contributed by atoms with Crippen molar-refractivity contribution in [3.63, 3.8) is 0 Å². The smallest absolute Gasteiger partial charge is 0.251 e. The van der Waals surface area contributed by atoms with Crippen LogP contribution in [0.3, 0.4) is 0 Å². The first-order valence-corrected chi connectivity index (χ1v) is 6.20. The molecule has 3 nitrogen and oxygen atoms in total. The number of aryl methyl sites for hydroxylation is 1. The fourth-order valence-corrected chi connectivity index (χ4v) is 2.07. The molecule has 1 heterocycles. The normalized spacial score (nSPS) is 11.9. The van der Waals surface area contributed by atoms with Crippen molar-refractivity contribution in [2.75, 3.05) is 0 Å². The van der Waals surface area contributed by atoms with E-state index in [9.17, 15) is 9.59 Å². The Kier molecular flexibility index (Phi) is 4.00. The molecule has 1 aromatic heterocycles. The van der Waals surface area contributed by atoms with Gasteiger partial charge in [-0.05, 0) is 18.1 Å². The molecule has 19 heavy (non-hydrogen) atoms.